The molecule has 2 aromatic carbocycles. The molecule has 2 aliphatic heterocycles. The molecule has 7 nitrogen and oxygen atoms in total. The Kier molecular flexibility index (Phi) is 3.38. The summed E-state index contributed by atoms with van der Waals surface area (Å²) >= 11 is 0. The minimum atomic E-state index is -0.328. The largest absolute Gasteiger partial charge is 0.327 e. The molecular weight excluding hydrogens is 306 g/mol. The number of fused-ring (bicyclic) bond motifs is 3. The van der Waals surface area contributed by atoms with Gasteiger partial charge in [-0.25, -0.2) is 9.59 Å². The summed E-state index contributed by atoms with van der Waals surface area (Å²) in [5.74, 6) is 0.654. The number of amides is 4. The van der Waals surface area contributed by atoms with E-state index < -0.39 is 0 Å². The number of nitrogens with zero attached hydrogens (tertiary/aromatic N) is 2. The molecule has 0 atom stereocenters. The first-order chi connectivity index (χ1) is 11.7. The Balaban J connectivity index is 1.54. The summed E-state index contributed by atoms with van der Waals surface area (Å²) in [7, 11) is 0. The highest BCUT2D eigenvalue weighted by Gasteiger charge is 2.31. The summed E-state index contributed by atoms with van der Waals surface area (Å²) in [5.41, 5.74) is 2.86. The van der Waals surface area contributed by atoms with Crippen LogP contribution in [-0.4, -0.2) is 35.9 Å². The van der Waals surface area contributed by atoms with Gasteiger partial charge in [0.2, 0.25) is 0 Å². The summed E-state index contributed by atoms with van der Waals surface area (Å²) < 4.78 is 0. The molecule has 0 spiro atoms. The van der Waals surface area contributed by atoms with Gasteiger partial charge in [-0.1, -0.05) is 18.2 Å². The number of benzene rings is 2. The minimum Gasteiger partial charge on any atom is -0.308 e. The fourth-order valence-corrected chi connectivity index (χ4v) is 2.79. The van der Waals surface area contributed by atoms with E-state index in [1.54, 1.807) is 17.0 Å². The molecule has 0 saturated heterocycles. The Morgan fingerprint density at radius 1 is 1.08 bits per heavy atom. The van der Waals surface area contributed by atoms with E-state index in [0.29, 0.717) is 36.0 Å². The van der Waals surface area contributed by atoms with E-state index in [-0.39, 0.29) is 12.1 Å². The zero-order valence-electron chi connectivity index (χ0n) is 12.7. The number of hydrogen-bond donors (Lipinski definition) is 3. The Labute approximate surface area is 138 Å². The number of amidine groups is 1. The van der Waals surface area contributed by atoms with Gasteiger partial charge in [-0.2, -0.15) is 0 Å². The molecule has 7 heteroatoms. The van der Waals surface area contributed by atoms with Crippen molar-refractivity contribution in [1.29, 1.82) is 0 Å². The molecule has 0 aliphatic carbocycles. The van der Waals surface area contributed by atoms with Gasteiger partial charge in [-0.05, 0) is 30.3 Å². The third kappa shape index (κ3) is 2.56. The van der Waals surface area contributed by atoms with Crippen LogP contribution in [0, 0.1) is 0 Å². The summed E-state index contributed by atoms with van der Waals surface area (Å²) in [6.45, 7) is 1.17. The molecule has 2 heterocycles. The molecule has 0 radical (unpaired) electrons. The molecule has 3 N–H and O–H groups in total. The maximum absolute atomic E-state index is 12.1. The van der Waals surface area contributed by atoms with Gasteiger partial charge >= 0.3 is 12.1 Å². The standard InChI is InChI=1S/C17H15N5O2/c23-16(19-11-4-2-1-3-5-11)20-12-6-7-14-13(10-12)15-18-8-9-22(15)17(24)21-14/h1-7,10H,8-9H2,(H,21,24)(H2,19,20,23). The van der Waals surface area contributed by atoms with E-state index in [1.165, 1.54) is 0 Å². The van der Waals surface area contributed by atoms with E-state index in [9.17, 15) is 9.59 Å². The number of nitrogens with one attached hydrogen (secondary N) is 3. The van der Waals surface area contributed by atoms with Crippen LogP contribution in [0.4, 0.5) is 26.7 Å². The molecule has 24 heavy (non-hydrogen) atoms. The first-order valence-electron chi connectivity index (χ1n) is 7.61. The number of hydrogen-bond acceptors (Lipinski definition) is 3. The normalized spacial score (nSPS) is 15.1. The van der Waals surface area contributed by atoms with Gasteiger partial charge in [0.05, 0.1) is 12.2 Å². The summed E-state index contributed by atoms with van der Waals surface area (Å²) in [6.07, 6.45) is 0. The lowest BCUT2D eigenvalue weighted by atomic mass is 10.1. The second-order valence-electron chi connectivity index (χ2n) is 5.49. The van der Waals surface area contributed by atoms with Crippen LogP contribution in [0.1, 0.15) is 5.56 Å². The average Bonchev–Trinajstić information content (AvgIpc) is 3.07. The molecular formula is C17H15N5O2. The number of anilines is 3. The predicted octanol–water partition coefficient (Wildman–Crippen LogP) is 2.94. The molecule has 0 fully saturated rings. The minimum absolute atomic E-state index is 0.165. The number of aliphatic imine (C=N–C) groups is 1. The molecule has 2 aromatic rings. The fraction of sp³-hybridized carbons (Fsp3) is 0.118. The van der Waals surface area contributed by atoms with Crippen molar-refractivity contribution in [2.24, 2.45) is 4.99 Å². The van der Waals surface area contributed by atoms with Gasteiger partial charge < -0.3 is 16.0 Å². The topological polar surface area (TPSA) is 85.8 Å². The molecule has 0 unspecified atom stereocenters. The van der Waals surface area contributed by atoms with Crippen molar-refractivity contribution in [2.45, 2.75) is 0 Å². The Morgan fingerprint density at radius 2 is 1.88 bits per heavy atom. The van der Waals surface area contributed by atoms with Crippen LogP contribution in [0.5, 0.6) is 0 Å². The van der Waals surface area contributed by atoms with Crippen molar-refractivity contribution < 1.29 is 9.59 Å². The number of carbonyl (C=O) groups is 2. The van der Waals surface area contributed by atoms with Gasteiger partial charge in [0.25, 0.3) is 0 Å². The maximum atomic E-state index is 12.1. The summed E-state index contributed by atoms with van der Waals surface area (Å²) in [5, 5.41) is 8.39. The Hall–Kier alpha value is -3.35. The van der Waals surface area contributed by atoms with Crippen LogP contribution < -0.4 is 16.0 Å². The van der Waals surface area contributed by atoms with Crippen LogP contribution in [0.15, 0.2) is 53.5 Å². The van der Waals surface area contributed by atoms with Crippen LogP contribution >= 0.6 is 0 Å². The molecule has 2 aliphatic rings. The van der Waals surface area contributed by atoms with Crippen molar-refractivity contribution in [2.75, 3.05) is 29.0 Å². The Morgan fingerprint density at radius 3 is 2.71 bits per heavy atom. The summed E-state index contributed by atoms with van der Waals surface area (Å²) in [4.78, 5) is 30.1. The summed E-state index contributed by atoms with van der Waals surface area (Å²) in [6, 6.07) is 14.0. The van der Waals surface area contributed by atoms with Gasteiger partial charge in [0.15, 0.2) is 0 Å². The zero-order chi connectivity index (χ0) is 16.5. The van der Waals surface area contributed by atoms with Crippen LogP contribution in [0.25, 0.3) is 0 Å². The van der Waals surface area contributed by atoms with Crippen LogP contribution in [0.3, 0.4) is 0 Å². The van der Waals surface area contributed by atoms with E-state index in [4.69, 9.17) is 0 Å². The smallest absolute Gasteiger partial charge is 0.308 e. The quantitative estimate of drug-likeness (QED) is 0.794. The number of urea groups is 2. The van der Waals surface area contributed by atoms with Gasteiger partial charge in [0.1, 0.15) is 5.84 Å². The van der Waals surface area contributed by atoms with Crippen molar-refractivity contribution in [3.8, 4) is 0 Å². The van der Waals surface area contributed by atoms with Gasteiger partial charge in [-0.3, -0.25) is 9.89 Å². The second kappa shape index (κ2) is 5.69. The first kappa shape index (κ1) is 14.3. The number of para-hydroxylation sites is 1. The average molecular weight is 321 g/mol. The molecule has 120 valence electrons. The Bertz CT molecular complexity index is 847. The third-order valence-electron chi connectivity index (χ3n) is 3.88. The van der Waals surface area contributed by atoms with Crippen molar-refractivity contribution >= 4 is 35.0 Å². The van der Waals surface area contributed by atoms with Gasteiger partial charge in [-0.15, -0.1) is 0 Å². The first-order valence-corrected chi connectivity index (χ1v) is 7.61. The highest BCUT2D eigenvalue weighted by Crippen LogP contribution is 2.28. The lowest BCUT2D eigenvalue weighted by Gasteiger charge is -2.26. The molecule has 0 aromatic heterocycles. The number of rotatable bonds is 2. The van der Waals surface area contributed by atoms with Crippen LogP contribution in [-0.2, 0) is 0 Å². The van der Waals surface area contributed by atoms with Crippen LogP contribution in [0.2, 0.25) is 0 Å². The SMILES string of the molecule is O=C(Nc1ccccc1)Nc1ccc2c(c1)C1=NCCN1C(=O)N2. The molecule has 4 amide bonds. The zero-order valence-corrected chi connectivity index (χ0v) is 12.7. The number of carbonyl (C=O) groups excluding carboxylic acids is 2. The van der Waals surface area contributed by atoms with Crippen molar-refractivity contribution in [3.63, 3.8) is 0 Å². The fourth-order valence-electron chi connectivity index (χ4n) is 2.79. The van der Waals surface area contributed by atoms with E-state index in [0.717, 1.165) is 5.56 Å². The lowest BCUT2D eigenvalue weighted by Crippen LogP contribution is -2.42. The van der Waals surface area contributed by atoms with Gasteiger partial charge in [0, 0.05) is 23.5 Å². The molecule has 0 saturated carbocycles. The van der Waals surface area contributed by atoms with Crippen molar-refractivity contribution in [3.05, 3.63) is 54.1 Å². The third-order valence-corrected chi connectivity index (χ3v) is 3.88. The monoisotopic (exact) mass is 321 g/mol. The van der Waals surface area contributed by atoms with E-state index >= 15 is 0 Å². The van der Waals surface area contributed by atoms with Crippen molar-refractivity contribution in [1.82, 2.24) is 4.90 Å². The molecule has 4 rings (SSSR count). The molecule has 0 bridgehead atoms. The highest BCUT2D eigenvalue weighted by atomic mass is 16.2. The van der Waals surface area contributed by atoms with E-state index in [1.807, 2.05) is 36.4 Å². The second-order valence-corrected chi connectivity index (χ2v) is 5.49. The maximum Gasteiger partial charge on any atom is 0.327 e. The highest BCUT2D eigenvalue weighted by molar-refractivity contribution is 6.19. The van der Waals surface area contributed by atoms with E-state index in [2.05, 4.69) is 20.9 Å². The predicted molar refractivity (Wildman–Crippen MR) is 92.7 cm³/mol. The lowest BCUT2D eigenvalue weighted by molar-refractivity contribution is 0.235.